The number of carbonyl (C=O) groups is 2. The molecule has 0 aliphatic carbocycles. The van der Waals surface area contributed by atoms with Crippen LogP contribution in [0.3, 0.4) is 0 Å². The predicted octanol–water partition coefficient (Wildman–Crippen LogP) is 0.618. The Balaban J connectivity index is 0.000000165. The van der Waals surface area contributed by atoms with Crippen LogP contribution >= 0.6 is 0 Å². The van der Waals surface area contributed by atoms with E-state index >= 15 is 0 Å². The van der Waals surface area contributed by atoms with Crippen molar-refractivity contribution < 1.29 is 14.7 Å². The summed E-state index contributed by atoms with van der Waals surface area (Å²) in [6, 6.07) is 8.85. The Hall–Kier alpha value is -2.04. The molecule has 1 unspecified atom stereocenters. The molecule has 1 atom stereocenters. The third kappa shape index (κ3) is 4.00. The highest BCUT2D eigenvalue weighted by Crippen LogP contribution is 2.05. The van der Waals surface area contributed by atoms with Crippen molar-refractivity contribution in [3.8, 4) is 0 Å². The van der Waals surface area contributed by atoms with Crippen LogP contribution in [0.1, 0.15) is 12.8 Å². The van der Waals surface area contributed by atoms with Gasteiger partial charge in [0, 0.05) is 12.1 Å². The van der Waals surface area contributed by atoms with Gasteiger partial charge in [-0.25, -0.2) is 4.79 Å². The van der Waals surface area contributed by atoms with Crippen LogP contribution in [0, 0.1) is 0 Å². The van der Waals surface area contributed by atoms with E-state index in [-0.39, 0.29) is 5.91 Å². The Labute approximate surface area is 93.3 Å². The molecule has 0 aromatic heterocycles. The summed E-state index contributed by atoms with van der Waals surface area (Å²) < 4.78 is 0. The highest BCUT2D eigenvalue weighted by molar-refractivity contribution is 5.87. The van der Waals surface area contributed by atoms with Crippen molar-refractivity contribution in [3.63, 3.8) is 0 Å². The maximum absolute atomic E-state index is 10.4. The van der Waals surface area contributed by atoms with E-state index in [9.17, 15) is 9.59 Å². The number of carboxylic acids is 1. The van der Waals surface area contributed by atoms with Gasteiger partial charge in [0.05, 0.1) is 0 Å². The van der Waals surface area contributed by atoms with Gasteiger partial charge in [-0.05, 0) is 18.6 Å². The molecule has 1 heterocycles. The van der Waals surface area contributed by atoms with Crippen molar-refractivity contribution in [2.45, 2.75) is 18.9 Å². The zero-order valence-electron chi connectivity index (χ0n) is 8.72. The van der Waals surface area contributed by atoms with Gasteiger partial charge in [-0.15, -0.1) is 0 Å². The molecule has 1 aliphatic rings. The molecule has 1 aromatic carbocycles. The summed E-state index contributed by atoms with van der Waals surface area (Å²) in [5.41, 5.74) is 6.18. The van der Waals surface area contributed by atoms with Gasteiger partial charge in [0.1, 0.15) is 6.04 Å². The minimum Gasteiger partial charge on any atom is -0.480 e. The molecule has 2 rings (SSSR count). The lowest BCUT2D eigenvalue weighted by Gasteiger charge is -1.99. The molecule has 16 heavy (non-hydrogen) atoms. The van der Waals surface area contributed by atoms with Crippen molar-refractivity contribution in [2.24, 2.45) is 0 Å². The minimum atomic E-state index is -0.944. The van der Waals surface area contributed by atoms with Gasteiger partial charge in [0.25, 0.3) is 0 Å². The van der Waals surface area contributed by atoms with E-state index in [1.807, 2.05) is 30.3 Å². The van der Waals surface area contributed by atoms with Crippen LogP contribution in [0.25, 0.3) is 0 Å². The summed E-state index contributed by atoms with van der Waals surface area (Å²) in [6.45, 7) is 0. The van der Waals surface area contributed by atoms with Gasteiger partial charge in [0.2, 0.25) is 5.91 Å². The normalized spacial score (nSPS) is 18.2. The Morgan fingerprint density at radius 3 is 2.25 bits per heavy atom. The number of benzene rings is 1. The predicted molar refractivity (Wildman–Crippen MR) is 59.7 cm³/mol. The molecular formula is C11H14N2O3. The Bertz CT molecular complexity index is 365. The summed E-state index contributed by atoms with van der Waals surface area (Å²) in [7, 11) is 0. The van der Waals surface area contributed by atoms with E-state index in [0.29, 0.717) is 12.8 Å². The van der Waals surface area contributed by atoms with Crippen molar-refractivity contribution in [2.75, 3.05) is 5.73 Å². The number of hydrogen-bond donors (Lipinski definition) is 3. The number of carboxylic acid groups (broad SMARTS) is 1. The first-order chi connectivity index (χ1) is 7.59. The lowest BCUT2D eigenvalue weighted by atomic mass is 10.2. The largest absolute Gasteiger partial charge is 0.480 e. The van der Waals surface area contributed by atoms with Crippen LogP contribution in [0.4, 0.5) is 5.69 Å². The van der Waals surface area contributed by atoms with Crippen LogP contribution in [0.15, 0.2) is 30.3 Å². The molecule has 1 aromatic rings. The van der Waals surface area contributed by atoms with E-state index in [1.165, 1.54) is 0 Å². The quantitative estimate of drug-likeness (QED) is 0.607. The number of nitrogens with two attached hydrogens (primary N) is 1. The average Bonchev–Trinajstić information content (AvgIpc) is 2.67. The molecule has 4 N–H and O–H groups in total. The van der Waals surface area contributed by atoms with E-state index in [1.54, 1.807) is 0 Å². The number of amides is 1. The number of nitrogen functional groups attached to an aromatic ring is 1. The molecule has 5 heteroatoms. The molecule has 0 bridgehead atoms. The minimum absolute atomic E-state index is 0.164. The van der Waals surface area contributed by atoms with Crippen LogP contribution < -0.4 is 11.1 Å². The fraction of sp³-hybridized carbons (Fsp3) is 0.273. The summed E-state index contributed by atoms with van der Waals surface area (Å²) in [5.74, 6) is -1.11. The Morgan fingerprint density at radius 1 is 1.38 bits per heavy atom. The SMILES string of the molecule is Nc1ccccc1.O=C1CCC(C(=O)O)N1. The maximum atomic E-state index is 10.4. The van der Waals surface area contributed by atoms with E-state index in [2.05, 4.69) is 5.32 Å². The van der Waals surface area contributed by atoms with Crippen molar-refractivity contribution in [1.29, 1.82) is 0 Å². The van der Waals surface area contributed by atoms with Crippen molar-refractivity contribution in [3.05, 3.63) is 30.3 Å². The zero-order valence-corrected chi connectivity index (χ0v) is 8.72. The number of rotatable bonds is 1. The molecule has 1 saturated heterocycles. The monoisotopic (exact) mass is 222 g/mol. The molecule has 86 valence electrons. The van der Waals surface area contributed by atoms with E-state index < -0.39 is 12.0 Å². The number of carbonyl (C=O) groups excluding carboxylic acids is 1. The molecule has 1 fully saturated rings. The molecule has 5 nitrogen and oxygen atoms in total. The fourth-order valence-corrected chi connectivity index (χ4v) is 1.25. The van der Waals surface area contributed by atoms with Crippen molar-refractivity contribution >= 4 is 17.6 Å². The van der Waals surface area contributed by atoms with Crippen LogP contribution in [0.2, 0.25) is 0 Å². The van der Waals surface area contributed by atoms with E-state index in [0.717, 1.165) is 5.69 Å². The maximum Gasteiger partial charge on any atom is 0.326 e. The third-order valence-corrected chi connectivity index (χ3v) is 2.09. The van der Waals surface area contributed by atoms with Gasteiger partial charge >= 0.3 is 5.97 Å². The standard InChI is InChI=1S/C6H7N.C5H7NO3/c7-6-4-2-1-3-5-6;7-4-2-1-3(6-4)5(8)9/h1-5H,7H2;3H,1-2H2,(H,6,7)(H,8,9). The number of nitrogens with one attached hydrogen (secondary N) is 1. The number of aliphatic carboxylic acids is 1. The van der Waals surface area contributed by atoms with Crippen LogP contribution in [-0.2, 0) is 9.59 Å². The number of hydrogen-bond acceptors (Lipinski definition) is 3. The molecule has 1 amide bonds. The van der Waals surface area contributed by atoms with Gasteiger partial charge in [-0.1, -0.05) is 18.2 Å². The highest BCUT2D eigenvalue weighted by Gasteiger charge is 2.26. The lowest BCUT2D eigenvalue weighted by Crippen LogP contribution is -2.32. The summed E-state index contributed by atoms with van der Waals surface area (Å²) in [4.78, 5) is 20.5. The van der Waals surface area contributed by atoms with Crippen molar-refractivity contribution in [1.82, 2.24) is 5.32 Å². The molecule has 0 saturated carbocycles. The van der Waals surface area contributed by atoms with Gasteiger partial charge < -0.3 is 16.2 Å². The molecule has 0 radical (unpaired) electrons. The van der Waals surface area contributed by atoms with Gasteiger partial charge in [-0.2, -0.15) is 0 Å². The zero-order chi connectivity index (χ0) is 12.0. The van der Waals surface area contributed by atoms with E-state index in [4.69, 9.17) is 10.8 Å². The topological polar surface area (TPSA) is 92.4 Å². The second kappa shape index (κ2) is 5.75. The van der Waals surface area contributed by atoms with Gasteiger partial charge in [0.15, 0.2) is 0 Å². The Morgan fingerprint density at radius 2 is 2.00 bits per heavy atom. The lowest BCUT2D eigenvalue weighted by molar-refractivity contribution is -0.140. The van der Waals surface area contributed by atoms with Crippen LogP contribution in [0.5, 0.6) is 0 Å². The highest BCUT2D eigenvalue weighted by atomic mass is 16.4. The first-order valence-electron chi connectivity index (χ1n) is 4.92. The summed E-state index contributed by atoms with van der Waals surface area (Å²) >= 11 is 0. The second-order valence-corrected chi connectivity index (χ2v) is 3.41. The fourth-order valence-electron chi connectivity index (χ4n) is 1.25. The molecule has 1 aliphatic heterocycles. The summed E-state index contributed by atoms with van der Waals surface area (Å²) in [6.07, 6.45) is 0.769. The first-order valence-corrected chi connectivity index (χ1v) is 4.92. The smallest absolute Gasteiger partial charge is 0.326 e. The summed E-state index contributed by atoms with van der Waals surface area (Å²) in [5, 5.41) is 10.6. The van der Waals surface area contributed by atoms with Crippen LogP contribution in [-0.4, -0.2) is 23.0 Å². The third-order valence-electron chi connectivity index (χ3n) is 2.09. The number of para-hydroxylation sites is 1. The average molecular weight is 222 g/mol. The second-order valence-electron chi connectivity index (χ2n) is 3.41. The molecular weight excluding hydrogens is 208 g/mol. The number of anilines is 1. The first kappa shape index (κ1) is 12.0. The van der Waals surface area contributed by atoms with Gasteiger partial charge in [-0.3, -0.25) is 4.79 Å². The Kier molecular flexibility index (Phi) is 4.32. The molecule has 0 spiro atoms.